The molecule has 2 nitrogen and oxygen atoms in total. The summed E-state index contributed by atoms with van der Waals surface area (Å²) >= 11 is 0. The fraction of sp³-hybridized carbons (Fsp3) is 0.0270. The van der Waals surface area contributed by atoms with Crippen LogP contribution in [0.1, 0.15) is 11.1 Å². The SMILES string of the molecule is N#[O+].[Re].[c-]1[c-][c-][cH-][c-]1.c1ccc([CH-]Cc2ccccc2)cc1.c1ccc([PH+](c2ccccc2)c2ccccc2)cc1. The van der Waals surface area contributed by atoms with Crippen LogP contribution in [0.5, 0.6) is 0 Å². The number of nitrogens with zero attached hydrogens (tertiary/aromatic N) is 1. The second-order valence-electron chi connectivity index (χ2n) is 8.46. The summed E-state index contributed by atoms with van der Waals surface area (Å²) in [6.07, 6.45) is 3.25. The van der Waals surface area contributed by atoms with E-state index in [1.807, 2.05) is 12.1 Å². The van der Waals surface area contributed by atoms with Gasteiger partial charge in [0.1, 0.15) is 15.9 Å². The van der Waals surface area contributed by atoms with Gasteiger partial charge in [-0.1, -0.05) is 103 Å². The summed E-state index contributed by atoms with van der Waals surface area (Å²) in [4.78, 5) is 0. The predicted molar refractivity (Wildman–Crippen MR) is 166 cm³/mol. The van der Waals surface area contributed by atoms with E-state index in [2.05, 4.69) is 170 Å². The molecule has 0 bridgehead atoms. The van der Waals surface area contributed by atoms with E-state index < -0.39 is 7.92 Å². The molecule has 0 N–H and O–H groups in total. The van der Waals surface area contributed by atoms with Crippen LogP contribution in [0.3, 0.4) is 0 Å². The predicted octanol–water partition coefficient (Wildman–Crippen LogP) is 7.16. The second-order valence-corrected chi connectivity index (χ2v) is 10.9. The first-order valence-electron chi connectivity index (χ1n) is 12.9. The topological polar surface area (TPSA) is 43.7 Å². The molecule has 6 rings (SSSR count). The van der Waals surface area contributed by atoms with Crippen molar-refractivity contribution in [1.29, 1.82) is 5.46 Å². The standard InChI is InChI=1S/C18H15P.C14H13.C5H.NO.Re/c1-4-10-16(11-5-1)19(17-12-6-2-7-13-17)18-14-8-3-9-15-18;1-3-7-13(8-4-1)11-12-14-9-5-2-6-10-14;1-2-4-5-3-1;1-2;/h1-15H;1-11H,12H2;1H;;/q;-1;-5;+1;/p+1. The molecule has 0 spiro atoms. The van der Waals surface area contributed by atoms with Gasteiger partial charge in [-0.05, 0) is 36.4 Å². The van der Waals surface area contributed by atoms with Crippen molar-refractivity contribution < 1.29 is 25.2 Å². The van der Waals surface area contributed by atoms with Crippen molar-refractivity contribution in [3.05, 3.63) is 200 Å². The molecule has 0 atom stereocenters. The Morgan fingerprint density at radius 1 is 0.537 bits per heavy atom. The normalized spacial score (nSPS) is 9.24. The first kappa shape index (κ1) is 33.3. The molecule has 0 aliphatic carbocycles. The van der Waals surface area contributed by atoms with Crippen molar-refractivity contribution in [1.82, 2.24) is 0 Å². The van der Waals surface area contributed by atoms with Crippen LogP contribution in [0.4, 0.5) is 0 Å². The van der Waals surface area contributed by atoms with Crippen LogP contribution in [0.15, 0.2) is 158 Å². The molecular formula is C37H30NOPRe-4. The number of hydrogen-bond donors (Lipinski definition) is 0. The molecule has 1 radical (unpaired) electrons. The Morgan fingerprint density at radius 2 is 0.878 bits per heavy atom. The van der Waals surface area contributed by atoms with E-state index in [-0.39, 0.29) is 20.4 Å². The maximum absolute atomic E-state index is 7.25. The van der Waals surface area contributed by atoms with Gasteiger partial charge in [0.05, 0.1) is 7.92 Å². The van der Waals surface area contributed by atoms with Crippen molar-refractivity contribution in [2.45, 2.75) is 6.42 Å². The summed E-state index contributed by atoms with van der Waals surface area (Å²) in [6, 6.07) is 65.4. The molecule has 0 saturated heterocycles. The Morgan fingerprint density at radius 3 is 1.22 bits per heavy atom. The Kier molecular flexibility index (Phi) is 17.0. The Bertz CT molecular complexity index is 1280. The van der Waals surface area contributed by atoms with E-state index in [4.69, 9.17) is 10.2 Å². The van der Waals surface area contributed by atoms with Gasteiger partial charge in [-0.3, -0.25) is 0 Å². The molecule has 0 aliphatic rings. The van der Waals surface area contributed by atoms with Gasteiger partial charge in [0.2, 0.25) is 0 Å². The van der Waals surface area contributed by atoms with Gasteiger partial charge in [-0.2, -0.15) is 24.1 Å². The molecule has 0 amide bonds. The summed E-state index contributed by atoms with van der Waals surface area (Å²) in [5.41, 5.74) is 8.40. The third-order valence-corrected chi connectivity index (χ3v) is 8.49. The summed E-state index contributed by atoms with van der Waals surface area (Å²) in [7, 11) is -0.877. The minimum atomic E-state index is -0.877. The van der Waals surface area contributed by atoms with Gasteiger partial charge in [0.25, 0.3) is 0 Å². The molecular weight excluding hydrogens is 692 g/mol. The maximum atomic E-state index is 7.25. The van der Waals surface area contributed by atoms with Crippen LogP contribution in [0.25, 0.3) is 0 Å². The molecule has 41 heavy (non-hydrogen) atoms. The molecule has 6 aromatic carbocycles. The minimum Gasteiger partial charge on any atom is -0.999 e. The zero-order valence-electron chi connectivity index (χ0n) is 22.5. The van der Waals surface area contributed by atoms with Crippen LogP contribution in [0.2, 0.25) is 0 Å². The zero-order chi connectivity index (χ0) is 28.1. The van der Waals surface area contributed by atoms with E-state index in [1.165, 1.54) is 27.0 Å². The van der Waals surface area contributed by atoms with Crippen molar-refractivity contribution >= 4 is 23.8 Å². The van der Waals surface area contributed by atoms with E-state index in [9.17, 15) is 0 Å². The van der Waals surface area contributed by atoms with Crippen LogP contribution >= 0.6 is 7.92 Å². The number of hydrogen-bond acceptors (Lipinski definition) is 1. The first-order valence-corrected chi connectivity index (χ1v) is 14.4. The van der Waals surface area contributed by atoms with Crippen molar-refractivity contribution in [2.24, 2.45) is 0 Å². The molecule has 205 valence electrons. The summed E-state index contributed by atoms with van der Waals surface area (Å²) < 4.78 is 7.25. The third-order valence-electron chi connectivity index (χ3n) is 5.75. The Hall–Kier alpha value is -3.92. The average Bonchev–Trinajstić information content (AvgIpc) is 3.65. The van der Waals surface area contributed by atoms with E-state index in [0.717, 1.165) is 6.42 Å². The Labute approximate surface area is 259 Å². The van der Waals surface area contributed by atoms with Gasteiger partial charge in [0.15, 0.2) is 0 Å². The zero-order valence-corrected chi connectivity index (χ0v) is 26.2. The van der Waals surface area contributed by atoms with Crippen molar-refractivity contribution in [3.63, 3.8) is 0 Å². The molecule has 4 heteroatoms. The summed E-state index contributed by atoms with van der Waals surface area (Å²) in [6.45, 7) is 0. The quantitative estimate of drug-likeness (QED) is 0.102. The summed E-state index contributed by atoms with van der Waals surface area (Å²) in [5, 5.41) is 4.31. The van der Waals surface area contributed by atoms with Crippen molar-refractivity contribution in [2.75, 3.05) is 0 Å². The van der Waals surface area contributed by atoms with Gasteiger partial charge in [-0.25, -0.2) is 0 Å². The van der Waals surface area contributed by atoms with Gasteiger partial charge in [0, 0.05) is 20.4 Å². The van der Waals surface area contributed by atoms with E-state index in [0.29, 0.717) is 0 Å². The van der Waals surface area contributed by atoms with Crippen LogP contribution in [-0.4, -0.2) is 0 Å². The smallest absolute Gasteiger partial charge is 0.102 e. The van der Waals surface area contributed by atoms with Crippen LogP contribution in [-0.2, 0) is 31.6 Å². The molecule has 0 unspecified atom stereocenters. The van der Waals surface area contributed by atoms with Gasteiger partial charge >= 0.3 is 10.2 Å². The van der Waals surface area contributed by atoms with Crippen molar-refractivity contribution in [3.8, 4) is 0 Å². The third kappa shape index (κ3) is 12.4. The fourth-order valence-electron chi connectivity index (χ4n) is 3.93. The minimum absolute atomic E-state index is 0. The second kappa shape index (κ2) is 20.9. The van der Waals surface area contributed by atoms with Gasteiger partial charge < -0.3 is 30.3 Å². The number of benzene rings is 5. The number of rotatable bonds is 6. The van der Waals surface area contributed by atoms with E-state index in [1.54, 1.807) is 6.07 Å². The summed E-state index contributed by atoms with van der Waals surface area (Å²) in [5.74, 6) is 0. The maximum Gasteiger partial charge on any atom is 0.102 e. The monoisotopic (exact) mass is 722 g/mol. The molecule has 0 fully saturated rings. The molecule has 0 aliphatic heterocycles. The average molecular weight is 722 g/mol. The Balaban J connectivity index is 0.000000234. The van der Waals surface area contributed by atoms with E-state index >= 15 is 0 Å². The van der Waals surface area contributed by atoms with Gasteiger partial charge in [-0.15, -0.1) is 12.1 Å². The molecule has 0 saturated carbocycles. The first-order chi connectivity index (χ1) is 19.9. The molecule has 0 heterocycles. The van der Waals surface area contributed by atoms with Crippen LogP contribution in [0, 0.1) is 36.1 Å². The largest absolute Gasteiger partial charge is 0.999 e. The molecule has 6 aromatic rings. The van der Waals surface area contributed by atoms with Crippen LogP contribution < -0.4 is 15.9 Å². The fourth-order valence-corrected chi connectivity index (χ4v) is 6.51. The molecule has 0 aromatic heterocycles.